The van der Waals surface area contributed by atoms with E-state index < -0.39 is 0 Å². The highest BCUT2D eigenvalue weighted by atomic mass is 16.5. The number of rotatable bonds is 5. The van der Waals surface area contributed by atoms with Crippen molar-refractivity contribution in [2.75, 3.05) is 27.8 Å². The molecule has 1 aliphatic rings. The van der Waals surface area contributed by atoms with E-state index in [1.165, 1.54) is 24.8 Å². The van der Waals surface area contributed by atoms with E-state index in [2.05, 4.69) is 24.4 Å². The zero-order valence-electron chi connectivity index (χ0n) is 11.8. The molecule has 0 unspecified atom stereocenters. The Bertz CT molecular complexity index is 425. The topological polar surface area (TPSA) is 30.5 Å². The minimum atomic E-state index is 0.223. The van der Waals surface area contributed by atoms with Gasteiger partial charge in [-0.3, -0.25) is 0 Å². The molecule has 0 bridgehead atoms. The van der Waals surface area contributed by atoms with Crippen molar-refractivity contribution in [3.05, 3.63) is 23.3 Å². The number of aryl methyl sites for hydroxylation is 1. The predicted octanol–water partition coefficient (Wildman–Crippen LogP) is 2.65. The lowest BCUT2D eigenvalue weighted by molar-refractivity contribution is 0.229. The molecule has 1 aliphatic carbocycles. The molecular weight excluding hydrogens is 226 g/mol. The molecular formula is C15H23NO2. The van der Waals surface area contributed by atoms with Crippen molar-refractivity contribution in [1.29, 1.82) is 0 Å². The van der Waals surface area contributed by atoms with Crippen LogP contribution >= 0.6 is 0 Å². The van der Waals surface area contributed by atoms with E-state index in [0.29, 0.717) is 0 Å². The molecule has 1 aromatic carbocycles. The van der Waals surface area contributed by atoms with Crippen LogP contribution in [0, 0.1) is 6.92 Å². The fourth-order valence-corrected chi connectivity index (χ4v) is 2.95. The lowest BCUT2D eigenvalue weighted by Gasteiger charge is -2.43. The SMILES string of the molecule is CNCC1(c2cc(OC)c(C)cc2OC)CCC1. The summed E-state index contributed by atoms with van der Waals surface area (Å²) in [5, 5.41) is 3.32. The standard InChI is InChI=1S/C15H23NO2/c1-11-8-14(18-4)12(9-13(11)17-3)15(10-16-2)6-5-7-15/h8-9,16H,5-7,10H2,1-4H3. The summed E-state index contributed by atoms with van der Waals surface area (Å²) < 4.78 is 11.0. The van der Waals surface area contributed by atoms with Crippen LogP contribution in [0.1, 0.15) is 30.4 Å². The van der Waals surface area contributed by atoms with E-state index in [9.17, 15) is 0 Å². The Hall–Kier alpha value is -1.22. The van der Waals surface area contributed by atoms with Crippen LogP contribution in [0.3, 0.4) is 0 Å². The van der Waals surface area contributed by atoms with E-state index in [1.54, 1.807) is 14.2 Å². The zero-order chi connectivity index (χ0) is 13.2. The van der Waals surface area contributed by atoms with Crippen LogP contribution in [0.2, 0.25) is 0 Å². The van der Waals surface area contributed by atoms with Gasteiger partial charge < -0.3 is 14.8 Å². The van der Waals surface area contributed by atoms with Gasteiger partial charge in [0.05, 0.1) is 14.2 Å². The molecule has 1 aromatic rings. The Morgan fingerprint density at radius 2 is 1.83 bits per heavy atom. The molecule has 0 amide bonds. The van der Waals surface area contributed by atoms with E-state index in [4.69, 9.17) is 9.47 Å². The van der Waals surface area contributed by atoms with Gasteiger partial charge in [-0.15, -0.1) is 0 Å². The summed E-state index contributed by atoms with van der Waals surface area (Å²) in [4.78, 5) is 0. The smallest absolute Gasteiger partial charge is 0.123 e. The average molecular weight is 249 g/mol. The summed E-state index contributed by atoms with van der Waals surface area (Å²) in [6.45, 7) is 3.05. The maximum Gasteiger partial charge on any atom is 0.123 e. The molecule has 0 saturated heterocycles. The summed E-state index contributed by atoms with van der Waals surface area (Å²) in [6, 6.07) is 4.24. The third kappa shape index (κ3) is 2.07. The summed E-state index contributed by atoms with van der Waals surface area (Å²) in [5.74, 6) is 1.94. The Labute approximate surface area is 109 Å². The molecule has 18 heavy (non-hydrogen) atoms. The van der Waals surface area contributed by atoms with Gasteiger partial charge in [0, 0.05) is 17.5 Å². The van der Waals surface area contributed by atoms with Gasteiger partial charge in [0.2, 0.25) is 0 Å². The summed E-state index contributed by atoms with van der Waals surface area (Å²) in [6.07, 6.45) is 3.73. The van der Waals surface area contributed by atoms with Crippen LogP contribution in [0.15, 0.2) is 12.1 Å². The first kappa shape index (κ1) is 13.2. The van der Waals surface area contributed by atoms with Gasteiger partial charge in [-0.05, 0) is 44.5 Å². The maximum absolute atomic E-state index is 5.57. The van der Waals surface area contributed by atoms with Crippen molar-refractivity contribution < 1.29 is 9.47 Å². The molecule has 2 rings (SSSR count). The maximum atomic E-state index is 5.57. The average Bonchev–Trinajstić information content (AvgIpc) is 2.33. The van der Waals surface area contributed by atoms with Crippen molar-refractivity contribution in [1.82, 2.24) is 5.32 Å². The van der Waals surface area contributed by atoms with Gasteiger partial charge in [0.15, 0.2) is 0 Å². The largest absolute Gasteiger partial charge is 0.496 e. The van der Waals surface area contributed by atoms with E-state index in [-0.39, 0.29) is 5.41 Å². The highest BCUT2D eigenvalue weighted by Gasteiger charge is 2.40. The predicted molar refractivity (Wildman–Crippen MR) is 73.7 cm³/mol. The lowest BCUT2D eigenvalue weighted by atomic mass is 9.64. The van der Waals surface area contributed by atoms with Gasteiger partial charge in [-0.1, -0.05) is 6.42 Å². The number of likely N-dealkylation sites (N-methyl/N-ethyl adjacent to an activating group) is 1. The summed E-state index contributed by atoms with van der Waals surface area (Å²) in [7, 11) is 5.48. The van der Waals surface area contributed by atoms with Gasteiger partial charge >= 0.3 is 0 Å². The molecule has 0 atom stereocenters. The molecule has 0 aliphatic heterocycles. The normalized spacial score (nSPS) is 17.1. The van der Waals surface area contributed by atoms with Gasteiger partial charge in [0.25, 0.3) is 0 Å². The monoisotopic (exact) mass is 249 g/mol. The van der Waals surface area contributed by atoms with Crippen molar-refractivity contribution in [2.45, 2.75) is 31.6 Å². The van der Waals surface area contributed by atoms with Crippen LogP contribution in [-0.4, -0.2) is 27.8 Å². The summed E-state index contributed by atoms with van der Waals surface area (Å²) in [5.41, 5.74) is 2.63. The van der Waals surface area contributed by atoms with Crippen LogP contribution in [0.5, 0.6) is 11.5 Å². The number of hydrogen-bond acceptors (Lipinski definition) is 3. The van der Waals surface area contributed by atoms with E-state index in [0.717, 1.165) is 23.6 Å². The second kappa shape index (κ2) is 5.19. The van der Waals surface area contributed by atoms with E-state index >= 15 is 0 Å². The Kier molecular flexibility index (Phi) is 3.81. The van der Waals surface area contributed by atoms with Crippen molar-refractivity contribution in [3.63, 3.8) is 0 Å². The van der Waals surface area contributed by atoms with Crippen LogP contribution in [0.4, 0.5) is 0 Å². The highest BCUT2D eigenvalue weighted by molar-refractivity contribution is 5.50. The second-order valence-electron chi connectivity index (χ2n) is 5.19. The minimum absolute atomic E-state index is 0.223. The van der Waals surface area contributed by atoms with Gasteiger partial charge in [0.1, 0.15) is 11.5 Å². The van der Waals surface area contributed by atoms with E-state index in [1.807, 2.05) is 7.05 Å². The first-order chi connectivity index (χ1) is 8.66. The Morgan fingerprint density at radius 1 is 1.17 bits per heavy atom. The number of hydrogen-bond donors (Lipinski definition) is 1. The molecule has 3 heteroatoms. The van der Waals surface area contributed by atoms with Crippen molar-refractivity contribution >= 4 is 0 Å². The van der Waals surface area contributed by atoms with Crippen LogP contribution in [0.25, 0.3) is 0 Å². The fourth-order valence-electron chi connectivity index (χ4n) is 2.95. The molecule has 1 fully saturated rings. The van der Waals surface area contributed by atoms with Gasteiger partial charge in [-0.2, -0.15) is 0 Å². The van der Waals surface area contributed by atoms with Crippen LogP contribution < -0.4 is 14.8 Å². The first-order valence-corrected chi connectivity index (χ1v) is 6.54. The molecule has 0 aromatic heterocycles. The molecule has 1 N–H and O–H groups in total. The number of ether oxygens (including phenoxy) is 2. The zero-order valence-corrected chi connectivity index (χ0v) is 11.8. The molecule has 0 radical (unpaired) electrons. The molecule has 0 heterocycles. The van der Waals surface area contributed by atoms with Crippen molar-refractivity contribution in [3.8, 4) is 11.5 Å². The molecule has 100 valence electrons. The van der Waals surface area contributed by atoms with Gasteiger partial charge in [-0.25, -0.2) is 0 Å². The Morgan fingerprint density at radius 3 is 2.28 bits per heavy atom. The van der Waals surface area contributed by atoms with Crippen LogP contribution in [-0.2, 0) is 5.41 Å². The third-order valence-corrected chi connectivity index (χ3v) is 4.11. The molecule has 0 spiro atoms. The number of nitrogens with one attached hydrogen (secondary N) is 1. The molecule has 1 saturated carbocycles. The number of methoxy groups -OCH3 is 2. The third-order valence-electron chi connectivity index (χ3n) is 4.11. The first-order valence-electron chi connectivity index (χ1n) is 6.54. The lowest BCUT2D eigenvalue weighted by Crippen LogP contribution is -2.43. The number of benzene rings is 1. The second-order valence-corrected chi connectivity index (χ2v) is 5.19. The quantitative estimate of drug-likeness (QED) is 0.870. The Balaban J connectivity index is 2.47. The minimum Gasteiger partial charge on any atom is -0.496 e. The van der Waals surface area contributed by atoms with Crippen molar-refractivity contribution in [2.24, 2.45) is 0 Å². The molecule has 3 nitrogen and oxygen atoms in total. The summed E-state index contributed by atoms with van der Waals surface area (Å²) >= 11 is 0. The fraction of sp³-hybridized carbons (Fsp3) is 0.600. The highest BCUT2D eigenvalue weighted by Crippen LogP contribution is 2.48.